The van der Waals surface area contributed by atoms with E-state index in [0.717, 1.165) is 12.1 Å². The SMILES string of the molecule is CCCOc1ccc(F)c(-c2ccc(N)c(C(=O)Cc3cnccc3N3C[C@@H](N)C[C@H](O)C3)n2)c1. The van der Waals surface area contributed by atoms with Gasteiger partial charge < -0.3 is 26.2 Å². The van der Waals surface area contributed by atoms with Crippen molar-refractivity contribution < 1.29 is 19.0 Å². The van der Waals surface area contributed by atoms with Crippen LogP contribution >= 0.6 is 0 Å². The fourth-order valence-corrected chi connectivity index (χ4v) is 4.28. The van der Waals surface area contributed by atoms with Crippen LogP contribution in [0.2, 0.25) is 0 Å². The first-order chi connectivity index (χ1) is 16.9. The molecule has 0 saturated carbocycles. The number of halogens is 1. The van der Waals surface area contributed by atoms with Gasteiger partial charge in [-0.25, -0.2) is 9.37 Å². The van der Waals surface area contributed by atoms with Crippen molar-refractivity contribution in [2.45, 2.75) is 38.3 Å². The zero-order valence-electron chi connectivity index (χ0n) is 19.7. The number of β-amino-alcohol motifs (C(OH)–C–C–N with tert-alkyl or cyclic N) is 1. The van der Waals surface area contributed by atoms with Crippen molar-refractivity contribution in [2.75, 3.05) is 30.3 Å². The molecule has 8 nitrogen and oxygen atoms in total. The largest absolute Gasteiger partial charge is 0.494 e. The van der Waals surface area contributed by atoms with Crippen LogP contribution in [0, 0.1) is 5.82 Å². The lowest BCUT2D eigenvalue weighted by molar-refractivity contribution is 0.0989. The van der Waals surface area contributed by atoms with E-state index in [9.17, 15) is 14.3 Å². The predicted molar refractivity (Wildman–Crippen MR) is 133 cm³/mol. The normalized spacial score (nSPS) is 17.9. The van der Waals surface area contributed by atoms with Crippen LogP contribution in [0.1, 0.15) is 35.8 Å². The molecule has 35 heavy (non-hydrogen) atoms. The molecule has 0 spiro atoms. The number of hydrogen-bond donors (Lipinski definition) is 3. The smallest absolute Gasteiger partial charge is 0.187 e. The Kier molecular flexibility index (Phi) is 7.57. The van der Waals surface area contributed by atoms with Crippen molar-refractivity contribution in [1.29, 1.82) is 0 Å². The topological polar surface area (TPSA) is 128 Å². The number of Topliss-reactive ketones (excluding diaryl/α,β-unsaturated/α-hetero) is 1. The Bertz CT molecular complexity index is 1200. The minimum absolute atomic E-state index is 0.00616. The molecule has 5 N–H and O–H groups in total. The molecule has 0 unspecified atom stereocenters. The summed E-state index contributed by atoms with van der Waals surface area (Å²) in [6.45, 7) is 3.48. The zero-order valence-corrected chi connectivity index (χ0v) is 19.7. The van der Waals surface area contributed by atoms with E-state index in [0.29, 0.717) is 43.1 Å². The molecule has 2 aromatic heterocycles. The Hall–Kier alpha value is -3.56. The van der Waals surface area contributed by atoms with Crippen molar-refractivity contribution in [3.05, 3.63) is 65.9 Å². The lowest BCUT2D eigenvalue weighted by Crippen LogP contribution is -2.49. The first-order valence-corrected chi connectivity index (χ1v) is 11.7. The molecule has 3 heterocycles. The molecule has 3 aromatic rings. The summed E-state index contributed by atoms with van der Waals surface area (Å²) in [5.74, 6) is -0.269. The van der Waals surface area contributed by atoms with Gasteiger partial charge in [-0.1, -0.05) is 6.92 Å². The van der Waals surface area contributed by atoms with Crippen LogP contribution < -0.4 is 21.1 Å². The molecule has 184 valence electrons. The van der Waals surface area contributed by atoms with Gasteiger partial charge in [0, 0.05) is 54.8 Å². The number of nitrogens with two attached hydrogens (primary N) is 2. The molecule has 2 atom stereocenters. The molecule has 1 aliphatic rings. The monoisotopic (exact) mass is 479 g/mol. The van der Waals surface area contributed by atoms with Gasteiger partial charge in [0.2, 0.25) is 0 Å². The molecule has 0 radical (unpaired) electrons. The summed E-state index contributed by atoms with van der Waals surface area (Å²) >= 11 is 0. The van der Waals surface area contributed by atoms with Gasteiger partial charge in [0.05, 0.1) is 24.1 Å². The molecule has 4 rings (SSSR count). The summed E-state index contributed by atoms with van der Waals surface area (Å²) < 4.78 is 20.2. The number of benzene rings is 1. The number of nitrogen functional groups attached to an aromatic ring is 1. The van der Waals surface area contributed by atoms with Crippen molar-refractivity contribution in [3.63, 3.8) is 0 Å². The third-order valence-corrected chi connectivity index (χ3v) is 5.91. The highest BCUT2D eigenvalue weighted by Gasteiger charge is 2.26. The predicted octanol–water partition coefficient (Wildman–Crippen LogP) is 2.98. The molecule has 1 aliphatic heterocycles. The average Bonchev–Trinajstić information content (AvgIpc) is 2.83. The fraction of sp³-hybridized carbons (Fsp3) is 0.346. The Labute approximate surface area is 203 Å². The number of nitrogens with zero attached hydrogens (tertiary/aromatic N) is 3. The lowest BCUT2D eigenvalue weighted by Gasteiger charge is -2.36. The number of carbonyl (C=O) groups excluding carboxylic acids is 1. The van der Waals surface area contributed by atoms with Gasteiger partial charge >= 0.3 is 0 Å². The summed E-state index contributed by atoms with van der Waals surface area (Å²) in [6, 6.07) is 9.22. The van der Waals surface area contributed by atoms with E-state index in [1.807, 2.05) is 11.8 Å². The van der Waals surface area contributed by atoms with Crippen molar-refractivity contribution in [1.82, 2.24) is 9.97 Å². The Balaban J connectivity index is 1.61. The van der Waals surface area contributed by atoms with Crippen molar-refractivity contribution in [2.24, 2.45) is 5.73 Å². The van der Waals surface area contributed by atoms with Gasteiger partial charge in [-0.2, -0.15) is 0 Å². The summed E-state index contributed by atoms with van der Waals surface area (Å²) in [7, 11) is 0. The third-order valence-electron chi connectivity index (χ3n) is 5.91. The molecular formula is C26H30FN5O3. The number of carbonyl (C=O) groups is 1. The number of aliphatic hydroxyl groups is 1. The first-order valence-electron chi connectivity index (χ1n) is 11.7. The van der Waals surface area contributed by atoms with E-state index in [4.69, 9.17) is 16.2 Å². The summed E-state index contributed by atoms with van der Waals surface area (Å²) in [4.78, 5) is 23.9. The maximum Gasteiger partial charge on any atom is 0.187 e. The Morgan fingerprint density at radius 1 is 1.26 bits per heavy atom. The van der Waals surface area contributed by atoms with Crippen LogP contribution in [0.4, 0.5) is 15.8 Å². The number of ketones is 1. The second-order valence-electron chi connectivity index (χ2n) is 8.78. The number of pyridine rings is 2. The summed E-state index contributed by atoms with van der Waals surface area (Å²) in [6.07, 6.45) is 4.06. The van der Waals surface area contributed by atoms with E-state index in [-0.39, 0.29) is 35.2 Å². The highest BCUT2D eigenvalue weighted by Crippen LogP contribution is 2.29. The maximum absolute atomic E-state index is 14.6. The van der Waals surface area contributed by atoms with E-state index in [2.05, 4.69) is 9.97 Å². The van der Waals surface area contributed by atoms with E-state index < -0.39 is 11.9 Å². The molecule has 9 heteroatoms. The zero-order chi connectivity index (χ0) is 24.9. The Morgan fingerprint density at radius 2 is 2.09 bits per heavy atom. The minimum Gasteiger partial charge on any atom is -0.494 e. The number of aromatic nitrogens is 2. The average molecular weight is 480 g/mol. The number of aliphatic hydroxyl groups excluding tert-OH is 1. The number of piperidine rings is 1. The fourth-order valence-electron chi connectivity index (χ4n) is 4.28. The lowest BCUT2D eigenvalue weighted by atomic mass is 10.00. The van der Waals surface area contributed by atoms with Crippen LogP contribution in [-0.2, 0) is 6.42 Å². The second-order valence-corrected chi connectivity index (χ2v) is 8.78. The molecule has 0 bridgehead atoms. The minimum atomic E-state index is -0.545. The highest BCUT2D eigenvalue weighted by molar-refractivity contribution is 6.01. The van der Waals surface area contributed by atoms with Crippen molar-refractivity contribution in [3.8, 4) is 17.0 Å². The van der Waals surface area contributed by atoms with Gasteiger partial charge in [0.1, 0.15) is 17.3 Å². The van der Waals surface area contributed by atoms with Gasteiger partial charge in [-0.05, 0) is 49.2 Å². The highest BCUT2D eigenvalue weighted by atomic mass is 19.1. The van der Waals surface area contributed by atoms with Crippen LogP contribution in [0.5, 0.6) is 5.75 Å². The van der Waals surface area contributed by atoms with Crippen LogP contribution in [0.3, 0.4) is 0 Å². The van der Waals surface area contributed by atoms with Crippen LogP contribution in [0.15, 0.2) is 48.8 Å². The van der Waals surface area contributed by atoms with Crippen LogP contribution in [-0.4, -0.2) is 52.7 Å². The second kappa shape index (κ2) is 10.8. The van der Waals surface area contributed by atoms with Gasteiger partial charge in [0.15, 0.2) is 5.78 Å². The molecule has 0 aliphatic carbocycles. The first kappa shape index (κ1) is 24.6. The number of rotatable bonds is 8. The summed E-state index contributed by atoms with van der Waals surface area (Å²) in [5.41, 5.74) is 14.4. The van der Waals surface area contributed by atoms with E-state index >= 15 is 0 Å². The van der Waals surface area contributed by atoms with E-state index in [1.54, 1.807) is 42.7 Å². The quantitative estimate of drug-likeness (QED) is 0.421. The number of hydrogen-bond acceptors (Lipinski definition) is 8. The third kappa shape index (κ3) is 5.75. The van der Waals surface area contributed by atoms with Gasteiger partial charge in [0.25, 0.3) is 0 Å². The Morgan fingerprint density at radius 3 is 2.86 bits per heavy atom. The molecule has 1 fully saturated rings. The molecule has 1 saturated heterocycles. The standard InChI is InChI=1S/C26H30FN5O3/c1-2-9-35-19-3-4-21(27)20(12-19)23-6-5-22(29)26(31-23)25(34)10-16-13-30-8-7-24(16)32-14-17(28)11-18(33)15-32/h3-8,12-13,17-18,33H,2,9-11,14-15,28-29H2,1H3/t17-,18-/m0/s1. The summed E-state index contributed by atoms with van der Waals surface area (Å²) in [5, 5.41) is 10.2. The van der Waals surface area contributed by atoms with Crippen LogP contribution in [0.25, 0.3) is 11.3 Å². The number of ether oxygens (including phenoxy) is 1. The van der Waals surface area contributed by atoms with Crippen molar-refractivity contribution >= 4 is 17.2 Å². The molecular weight excluding hydrogens is 449 g/mol. The number of anilines is 2. The van der Waals surface area contributed by atoms with E-state index in [1.165, 1.54) is 6.07 Å². The van der Waals surface area contributed by atoms with Gasteiger partial charge in [-0.3, -0.25) is 9.78 Å². The van der Waals surface area contributed by atoms with Gasteiger partial charge in [-0.15, -0.1) is 0 Å². The molecule has 1 aromatic carbocycles. The molecule has 0 amide bonds. The maximum atomic E-state index is 14.6.